The molecule has 1 aliphatic carbocycles. The first-order valence-electron chi connectivity index (χ1n) is 6.14. The zero-order chi connectivity index (χ0) is 14.0. The first-order chi connectivity index (χ1) is 8.86. The Bertz CT molecular complexity index is 448. The van der Waals surface area contributed by atoms with Crippen molar-refractivity contribution in [2.75, 3.05) is 5.32 Å². The van der Waals surface area contributed by atoms with Gasteiger partial charge in [0.05, 0.1) is 16.6 Å². The maximum absolute atomic E-state index is 12.7. The Hall–Kier alpha value is -0.610. The molecule has 19 heavy (non-hydrogen) atoms. The van der Waals surface area contributed by atoms with Gasteiger partial charge in [0, 0.05) is 11.1 Å². The molecule has 106 valence electrons. The molecule has 1 saturated carbocycles. The van der Waals surface area contributed by atoms with Crippen LogP contribution in [0.3, 0.4) is 0 Å². The van der Waals surface area contributed by atoms with Crippen LogP contribution in [0.1, 0.15) is 25.7 Å². The number of nitrogens with one attached hydrogen (secondary N) is 1. The number of alkyl halides is 3. The molecule has 2 atom stereocenters. The summed E-state index contributed by atoms with van der Waals surface area (Å²) in [6.07, 6.45) is -2.52. The first kappa shape index (κ1) is 14.8. The summed E-state index contributed by atoms with van der Waals surface area (Å²) in [6.45, 7) is 0. The smallest absolute Gasteiger partial charge is 0.381 e. The molecular weight excluding hydrogens is 298 g/mol. The first-order valence-corrected chi connectivity index (χ1v) is 6.90. The van der Waals surface area contributed by atoms with Gasteiger partial charge in [-0.2, -0.15) is 13.2 Å². The Morgan fingerprint density at radius 1 is 1.16 bits per heavy atom. The molecule has 1 fully saturated rings. The summed E-state index contributed by atoms with van der Waals surface area (Å²) in [4.78, 5) is 0. The molecule has 1 aromatic rings. The van der Waals surface area contributed by atoms with Crippen LogP contribution < -0.4 is 5.32 Å². The van der Waals surface area contributed by atoms with E-state index in [4.69, 9.17) is 23.2 Å². The molecule has 0 aliphatic heterocycles. The molecular formula is C13H14Cl2F3N. The molecule has 0 amide bonds. The highest BCUT2D eigenvalue weighted by atomic mass is 35.5. The zero-order valence-electron chi connectivity index (χ0n) is 10.1. The van der Waals surface area contributed by atoms with Gasteiger partial charge in [0.2, 0.25) is 0 Å². The third-order valence-electron chi connectivity index (χ3n) is 3.43. The third-order valence-corrected chi connectivity index (χ3v) is 3.99. The van der Waals surface area contributed by atoms with Crippen LogP contribution in [0.5, 0.6) is 0 Å². The van der Waals surface area contributed by atoms with Crippen molar-refractivity contribution >= 4 is 28.9 Å². The second kappa shape index (κ2) is 5.80. The normalized spacial score (nSPS) is 24.3. The Morgan fingerprint density at radius 3 is 2.58 bits per heavy atom. The van der Waals surface area contributed by atoms with Gasteiger partial charge >= 0.3 is 6.18 Å². The minimum Gasteiger partial charge on any atom is -0.381 e. The molecule has 1 aromatic carbocycles. The van der Waals surface area contributed by atoms with Crippen LogP contribution in [0.4, 0.5) is 18.9 Å². The number of hydrogen-bond donors (Lipinski definition) is 1. The van der Waals surface area contributed by atoms with Crippen molar-refractivity contribution in [2.45, 2.75) is 37.9 Å². The van der Waals surface area contributed by atoms with E-state index in [1.807, 2.05) is 0 Å². The highest BCUT2D eigenvalue weighted by molar-refractivity contribution is 6.35. The maximum Gasteiger partial charge on any atom is 0.391 e. The van der Waals surface area contributed by atoms with E-state index >= 15 is 0 Å². The van der Waals surface area contributed by atoms with E-state index in [1.165, 1.54) is 0 Å². The van der Waals surface area contributed by atoms with Crippen LogP contribution in [-0.2, 0) is 0 Å². The van der Waals surface area contributed by atoms with E-state index in [9.17, 15) is 13.2 Å². The lowest BCUT2D eigenvalue weighted by Crippen LogP contribution is -2.34. The van der Waals surface area contributed by atoms with Gasteiger partial charge in [0.1, 0.15) is 0 Å². The summed E-state index contributed by atoms with van der Waals surface area (Å²) in [5, 5.41) is 4.06. The quantitative estimate of drug-likeness (QED) is 0.757. The standard InChI is InChI=1S/C13H14Cl2F3N/c14-9-4-5-11(15)12(7-9)19-10-3-1-2-8(6-10)13(16,17)18/h4-5,7-8,10,19H,1-3,6H2. The van der Waals surface area contributed by atoms with Gasteiger partial charge in [-0.1, -0.05) is 29.6 Å². The monoisotopic (exact) mass is 311 g/mol. The summed E-state index contributed by atoms with van der Waals surface area (Å²) in [6, 6.07) is 4.71. The molecule has 1 aliphatic rings. The lowest BCUT2D eigenvalue weighted by Gasteiger charge is -2.31. The van der Waals surface area contributed by atoms with Crippen molar-refractivity contribution in [1.29, 1.82) is 0 Å². The fourth-order valence-electron chi connectivity index (χ4n) is 2.45. The van der Waals surface area contributed by atoms with Gasteiger partial charge in [-0.3, -0.25) is 0 Å². The van der Waals surface area contributed by atoms with Crippen molar-refractivity contribution in [3.63, 3.8) is 0 Å². The second-order valence-corrected chi connectivity index (χ2v) is 5.71. The summed E-state index contributed by atoms with van der Waals surface area (Å²) in [5.41, 5.74) is 0.599. The van der Waals surface area contributed by atoms with E-state index in [-0.39, 0.29) is 18.9 Å². The lowest BCUT2D eigenvalue weighted by molar-refractivity contribution is -0.182. The van der Waals surface area contributed by atoms with Crippen molar-refractivity contribution in [1.82, 2.24) is 0 Å². The SMILES string of the molecule is FC(F)(F)C1CCCC(Nc2cc(Cl)ccc2Cl)C1. The summed E-state index contributed by atoms with van der Waals surface area (Å²) in [5.74, 6) is -1.23. The highest BCUT2D eigenvalue weighted by Crippen LogP contribution is 2.39. The van der Waals surface area contributed by atoms with Crippen molar-refractivity contribution in [3.8, 4) is 0 Å². The van der Waals surface area contributed by atoms with Crippen molar-refractivity contribution in [2.24, 2.45) is 5.92 Å². The van der Waals surface area contributed by atoms with Crippen LogP contribution in [-0.4, -0.2) is 12.2 Å². The minimum absolute atomic E-state index is 0.0896. The molecule has 0 spiro atoms. The van der Waals surface area contributed by atoms with E-state index in [0.717, 1.165) is 6.42 Å². The van der Waals surface area contributed by atoms with Crippen LogP contribution >= 0.6 is 23.2 Å². The molecule has 1 nitrogen and oxygen atoms in total. The van der Waals surface area contributed by atoms with E-state index in [1.54, 1.807) is 18.2 Å². The van der Waals surface area contributed by atoms with E-state index in [2.05, 4.69) is 5.32 Å². The largest absolute Gasteiger partial charge is 0.391 e. The van der Waals surface area contributed by atoms with Gasteiger partial charge < -0.3 is 5.32 Å². The van der Waals surface area contributed by atoms with Gasteiger partial charge in [0.25, 0.3) is 0 Å². The molecule has 2 unspecified atom stereocenters. The molecule has 1 N–H and O–H groups in total. The summed E-state index contributed by atoms with van der Waals surface area (Å²) < 4.78 is 38.2. The number of halogens is 5. The number of rotatable bonds is 2. The second-order valence-electron chi connectivity index (χ2n) is 4.87. The molecule has 0 bridgehead atoms. The lowest BCUT2D eigenvalue weighted by atomic mass is 9.85. The fourth-order valence-corrected chi connectivity index (χ4v) is 2.79. The van der Waals surface area contributed by atoms with Crippen LogP contribution in [0.25, 0.3) is 0 Å². The number of anilines is 1. The highest BCUT2D eigenvalue weighted by Gasteiger charge is 2.42. The third kappa shape index (κ3) is 3.93. The predicted molar refractivity (Wildman–Crippen MR) is 71.9 cm³/mol. The van der Waals surface area contributed by atoms with Crippen molar-refractivity contribution < 1.29 is 13.2 Å². The summed E-state index contributed by atoms with van der Waals surface area (Å²) in [7, 11) is 0. The summed E-state index contributed by atoms with van der Waals surface area (Å²) >= 11 is 11.9. The van der Waals surface area contributed by atoms with E-state index in [0.29, 0.717) is 22.2 Å². The topological polar surface area (TPSA) is 12.0 Å². The predicted octanol–water partition coefficient (Wildman–Crippen LogP) is 5.53. The molecule has 0 saturated heterocycles. The molecule has 0 heterocycles. The van der Waals surface area contributed by atoms with Gasteiger partial charge in [0.15, 0.2) is 0 Å². The zero-order valence-corrected chi connectivity index (χ0v) is 11.6. The average molecular weight is 312 g/mol. The molecule has 0 aromatic heterocycles. The Morgan fingerprint density at radius 2 is 1.89 bits per heavy atom. The van der Waals surface area contributed by atoms with E-state index < -0.39 is 12.1 Å². The minimum atomic E-state index is -4.11. The average Bonchev–Trinajstić information content (AvgIpc) is 2.33. The van der Waals surface area contributed by atoms with Crippen LogP contribution in [0, 0.1) is 5.92 Å². The van der Waals surface area contributed by atoms with Crippen LogP contribution in [0.15, 0.2) is 18.2 Å². The van der Waals surface area contributed by atoms with Gasteiger partial charge in [-0.25, -0.2) is 0 Å². The molecule has 6 heteroatoms. The Labute approximate surface area is 120 Å². The maximum atomic E-state index is 12.7. The fraction of sp³-hybridized carbons (Fsp3) is 0.538. The van der Waals surface area contributed by atoms with Gasteiger partial charge in [-0.05, 0) is 37.5 Å². The van der Waals surface area contributed by atoms with Gasteiger partial charge in [-0.15, -0.1) is 0 Å². The molecule has 0 radical (unpaired) electrons. The Balaban J connectivity index is 2.05. The Kier molecular flexibility index (Phi) is 4.51. The molecule has 2 rings (SSSR count). The number of hydrogen-bond acceptors (Lipinski definition) is 1. The van der Waals surface area contributed by atoms with Crippen LogP contribution in [0.2, 0.25) is 10.0 Å². The number of benzene rings is 1. The van der Waals surface area contributed by atoms with Crippen molar-refractivity contribution in [3.05, 3.63) is 28.2 Å².